The molecule has 29 heavy (non-hydrogen) atoms. The summed E-state index contributed by atoms with van der Waals surface area (Å²) in [6.45, 7) is -0.411. The Labute approximate surface area is 170 Å². The first-order valence-electron chi connectivity index (χ1n) is 9.41. The van der Waals surface area contributed by atoms with Gasteiger partial charge >= 0.3 is 5.97 Å². The fraction of sp³-hybridized carbons (Fsp3) is 0.500. The van der Waals surface area contributed by atoms with Crippen LogP contribution in [0, 0.1) is 0 Å². The number of hydrogen-bond donors (Lipinski definition) is 0. The molecule has 2 aliphatic rings. The molecule has 0 bridgehead atoms. The van der Waals surface area contributed by atoms with Gasteiger partial charge in [-0.05, 0) is 43.5 Å². The Bertz CT molecular complexity index is 905. The van der Waals surface area contributed by atoms with Gasteiger partial charge in [-0.15, -0.1) is 0 Å². The molecular formula is C20H25NO7S. The predicted octanol–water partition coefficient (Wildman–Crippen LogP) is 1.44. The molecule has 3 rings (SSSR count). The molecule has 9 heteroatoms. The maximum atomic E-state index is 12.6. The van der Waals surface area contributed by atoms with Gasteiger partial charge in [-0.1, -0.05) is 0 Å². The van der Waals surface area contributed by atoms with E-state index < -0.39 is 22.4 Å². The monoisotopic (exact) mass is 423 g/mol. The number of ether oxygens (including phenoxy) is 3. The number of nitrogens with zero attached hydrogens (tertiary/aromatic N) is 1. The van der Waals surface area contributed by atoms with Crippen molar-refractivity contribution in [3.63, 3.8) is 0 Å². The summed E-state index contributed by atoms with van der Waals surface area (Å²) in [4.78, 5) is 26.2. The Balaban J connectivity index is 1.58. The average Bonchev–Trinajstić information content (AvgIpc) is 3.47. The zero-order valence-corrected chi connectivity index (χ0v) is 17.3. The number of methoxy groups -OCH3 is 2. The van der Waals surface area contributed by atoms with E-state index in [1.807, 2.05) is 0 Å². The van der Waals surface area contributed by atoms with E-state index in [0.29, 0.717) is 23.5 Å². The summed E-state index contributed by atoms with van der Waals surface area (Å²) in [7, 11) is -0.0399. The molecule has 2 fully saturated rings. The second-order valence-corrected chi connectivity index (χ2v) is 9.37. The first kappa shape index (κ1) is 21.2. The van der Waals surface area contributed by atoms with Gasteiger partial charge in [0.2, 0.25) is 0 Å². The smallest absolute Gasteiger partial charge is 0.331 e. The third kappa shape index (κ3) is 5.50. The van der Waals surface area contributed by atoms with Gasteiger partial charge < -0.3 is 19.1 Å². The summed E-state index contributed by atoms with van der Waals surface area (Å²) in [6.07, 6.45) is 4.88. The van der Waals surface area contributed by atoms with Crippen molar-refractivity contribution in [1.29, 1.82) is 0 Å². The normalized spacial score (nSPS) is 20.4. The van der Waals surface area contributed by atoms with E-state index in [-0.39, 0.29) is 29.5 Å². The van der Waals surface area contributed by atoms with Crippen molar-refractivity contribution in [2.75, 3.05) is 32.3 Å². The molecule has 1 aliphatic heterocycles. The van der Waals surface area contributed by atoms with E-state index in [4.69, 9.17) is 14.2 Å². The summed E-state index contributed by atoms with van der Waals surface area (Å²) < 4.78 is 39.0. The molecular weight excluding hydrogens is 398 g/mol. The van der Waals surface area contributed by atoms with E-state index in [1.54, 1.807) is 23.1 Å². The zero-order valence-electron chi connectivity index (χ0n) is 16.5. The highest BCUT2D eigenvalue weighted by molar-refractivity contribution is 7.91. The molecule has 158 valence electrons. The van der Waals surface area contributed by atoms with Crippen molar-refractivity contribution in [3.05, 3.63) is 29.8 Å². The van der Waals surface area contributed by atoms with Crippen LogP contribution < -0.4 is 9.47 Å². The number of amides is 1. The number of benzene rings is 1. The highest BCUT2D eigenvalue weighted by Gasteiger charge is 2.42. The van der Waals surface area contributed by atoms with Crippen LogP contribution in [0.25, 0.3) is 6.08 Å². The minimum Gasteiger partial charge on any atom is -0.497 e. The zero-order chi connectivity index (χ0) is 21.0. The lowest BCUT2D eigenvalue weighted by Gasteiger charge is -2.28. The molecule has 1 aromatic rings. The highest BCUT2D eigenvalue weighted by atomic mass is 32.2. The van der Waals surface area contributed by atoms with E-state index in [0.717, 1.165) is 12.8 Å². The Morgan fingerprint density at radius 2 is 1.90 bits per heavy atom. The third-order valence-electron chi connectivity index (χ3n) is 5.00. The Morgan fingerprint density at radius 3 is 2.48 bits per heavy atom. The quantitative estimate of drug-likeness (QED) is 0.461. The predicted molar refractivity (Wildman–Crippen MR) is 106 cm³/mol. The molecule has 0 unspecified atom stereocenters. The van der Waals surface area contributed by atoms with Crippen LogP contribution in [0.5, 0.6) is 11.5 Å². The molecule has 0 aromatic heterocycles. The minimum atomic E-state index is -3.10. The summed E-state index contributed by atoms with van der Waals surface area (Å²) in [5.74, 6) is 0.236. The number of sulfone groups is 1. The molecule has 1 amide bonds. The van der Waals surface area contributed by atoms with Gasteiger partial charge in [0.15, 0.2) is 16.4 Å². The van der Waals surface area contributed by atoms with E-state index in [2.05, 4.69) is 0 Å². The largest absolute Gasteiger partial charge is 0.497 e. The minimum absolute atomic E-state index is 0.0152. The lowest BCUT2D eigenvalue weighted by Crippen LogP contribution is -2.44. The summed E-state index contributed by atoms with van der Waals surface area (Å²) in [5, 5.41) is 0. The molecule has 1 saturated heterocycles. The van der Waals surface area contributed by atoms with Crippen LogP contribution >= 0.6 is 0 Å². The molecule has 1 heterocycles. The van der Waals surface area contributed by atoms with Crippen LogP contribution in [0.15, 0.2) is 24.3 Å². The van der Waals surface area contributed by atoms with Gasteiger partial charge in [0.1, 0.15) is 11.5 Å². The molecule has 8 nitrogen and oxygen atoms in total. The number of carbonyl (C=O) groups is 2. The molecule has 1 aromatic carbocycles. The van der Waals surface area contributed by atoms with Crippen molar-refractivity contribution in [2.24, 2.45) is 0 Å². The Morgan fingerprint density at radius 1 is 1.14 bits per heavy atom. The second-order valence-electron chi connectivity index (χ2n) is 7.14. The van der Waals surface area contributed by atoms with Gasteiger partial charge in [-0.25, -0.2) is 13.2 Å². The fourth-order valence-corrected chi connectivity index (χ4v) is 5.15. The van der Waals surface area contributed by atoms with Crippen LogP contribution in [0.2, 0.25) is 0 Å². The number of hydrogen-bond acceptors (Lipinski definition) is 7. The maximum absolute atomic E-state index is 12.6. The first-order valence-corrected chi connectivity index (χ1v) is 11.2. The molecule has 0 spiro atoms. The van der Waals surface area contributed by atoms with Gasteiger partial charge in [-0.3, -0.25) is 4.79 Å². The van der Waals surface area contributed by atoms with E-state index in [1.165, 1.54) is 26.4 Å². The van der Waals surface area contributed by atoms with Gasteiger partial charge in [0, 0.05) is 23.7 Å². The summed E-state index contributed by atoms with van der Waals surface area (Å²) in [6, 6.07) is 4.90. The Kier molecular flexibility index (Phi) is 6.46. The van der Waals surface area contributed by atoms with Crippen LogP contribution in [-0.2, 0) is 24.2 Å². The lowest BCUT2D eigenvalue weighted by atomic mass is 10.1. The van der Waals surface area contributed by atoms with Crippen LogP contribution in [-0.4, -0.2) is 69.6 Å². The Hall–Kier alpha value is -2.55. The number of carbonyl (C=O) groups excluding carboxylic acids is 2. The van der Waals surface area contributed by atoms with Gasteiger partial charge in [0.05, 0.1) is 25.7 Å². The standard InChI is InChI=1S/C20H25NO7S/c1-26-17-6-7-18(27-2)14(11-17)3-8-20(23)28-12-19(22)21(15-4-5-15)16-9-10-29(24,25)13-16/h3,6-8,11,15-16H,4-5,9-10,12-13H2,1-2H3/b8-3+/t16-/m1/s1. The van der Waals surface area contributed by atoms with Crippen LogP contribution in [0.1, 0.15) is 24.8 Å². The first-order chi connectivity index (χ1) is 13.8. The van der Waals surface area contributed by atoms with Crippen molar-refractivity contribution in [3.8, 4) is 11.5 Å². The van der Waals surface area contributed by atoms with Crippen molar-refractivity contribution in [1.82, 2.24) is 4.90 Å². The second kappa shape index (κ2) is 8.86. The summed E-state index contributed by atoms with van der Waals surface area (Å²) in [5.41, 5.74) is 0.630. The number of esters is 1. The van der Waals surface area contributed by atoms with E-state index in [9.17, 15) is 18.0 Å². The summed E-state index contributed by atoms with van der Waals surface area (Å²) >= 11 is 0. The van der Waals surface area contributed by atoms with E-state index >= 15 is 0 Å². The fourth-order valence-electron chi connectivity index (χ4n) is 3.44. The van der Waals surface area contributed by atoms with Crippen molar-refractivity contribution in [2.45, 2.75) is 31.3 Å². The lowest BCUT2D eigenvalue weighted by molar-refractivity contribution is -0.149. The topological polar surface area (TPSA) is 99.2 Å². The van der Waals surface area contributed by atoms with Crippen molar-refractivity contribution < 1.29 is 32.2 Å². The van der Waals surface area contributed by atoms with Crippen molar-refractivity contribution >= 4 is 27.8 Å². The van der Waals surface area contributed by atoms with Crippen LogP contribution in [0.3, 0.4) is 0 Å². The van der Waals surface area contributed by atoms with Gasteiger partial charge in [0.25, 0.3) is 5.91 Å². The maximum Gasteiger partial charge on any atom is 0.331 e. The highest BCUT2D eigenvalue weighted by Crippen LogP contribution is 2.32. The molecule has 1 saturated carbocycles. The molecule has 1 aliphatic carbocycles. The molecule has 1 atom stereocenters. The number of rotatable bonds is 8. The SMILES string of the molecule is COc1ccc(OC)c(/C=C/C(=O)OCC(=O)N(C2CC2)[C@@H]2CCS(=O)(=O)C2)c1. The molecule has 0 N–H and O–H groups in total. The van der Waals surface area contributed by atoms with Gasteiger partial charge in [-0.2, -0.15) is 0 Å². The average molecular weight is 423 g/mol. The molecule has 0 radical (unpaired) electrons. The third-order valence-corrected chi connectivity index (χ3v) is 6.75. The van der Waals surface area contributed by atoms with Crippen LogP contribution in [0.4, 0.5) is 0 Å².